The molecule has 0 radical (unpaired) electrons. The Morgan fingerprint density at radius 3 is 2.23 bits per heavy atom. The molecule has 0 bridgehead atoms. The van der Waals surface area contributed by atoms with Crippen LogP contribution in [0.1, 0.15) is 18.1 Å². The number of methoxy groups -OCH3 is 1. The largest absolute Gasteiger partial charge is 0.497 e. The van der Waals surface area contributed by atoms with Gasteiger partial charge in [-0.05, 0) is 48.7 Å². The Morgan fingerprint density at radius 2 is 1.63 bits per heavy atom. The number of thioether (sulfide) groups is 1. The first-order valence-corrected chi connectivity index (χ1v) is 10.8. The summed E-state index contributed by atoms with van der Waals surface area (Å²) in [4.78, 5) is 27.8. The zero-order chi connectivity index (χ0) is 21.5. The summed E-state index contributed by atoms with van der Waals surface area (Å²) in [6.07, 6.45) is 0.552. The lowest BCUT2D eigenvalue weighted by Gasteiger charge is -2.15. The summed E-state index contributed by atoms with van der Waals surface area (Å²) in [7, 11) is 1.61. The van der Waals surface area contributed by atoms with E-state index < -0.39 is 0 Å². The van der Waals surface area contributed by atoms with Crippen LogP contribution in [0.25, 0.3) is 5.57 Å². The fourth-order valence-corrected chi connectivity index (χ4v) is 4.09. The molecular weight excluding hydrogens is 402 g/mol. The number of nitrogens with zero attached hydrogens (tertiary/aromatic N) is 1. The number of aliphatic hydroxyl groups is 1. The van der Waals surface area contributed by atoms with Crippen LogP contribution >= 0.6 is 11.8 Å². The number of carbonyl (C=O) groups is 2. The smallest absolute Gasteiger partial charge is 0.267 e. The number of aliphatic hydroxyl groups excluding tert-OH is 1. The molecule has 0 fully saturated rings. The first kappa shape index (κ1) is 21.9. The number of rotatable bonds is 10. The van der Waals surface area contributed by atoms with Gasteiger partial charge in [0.2, 0.25) is 0 Å². The number of amides is 2. The van der Waals surface area contributed by atoms with Gasteiger partial charge in [-0.3, -0.25) is 14.5 Å². The van der Waals surface area contributed by atoms with Crippen molar-refractivity contribution in [1.29, 1.82) is 0 Å². The third-order valence-electron chi connectivity index (χ3n) is 4.70. The van der Waals surface area contributed by atoms with E-state index in [1.54, 1.807) is 31.4 Å². The quantitative estimate of drug-likeness (QED) is 0.587. The van der Waals surface area contributed by atoms with E-state index in [2.05, 4.69) is 0 Å². The molecule has 1 aliphatic heterocycles. The molecule has 6 nitrogen and oxygen atoms in total. The summed E-state index contributed by atoms with van der Waals surface area (Å²) in [5.41, 5.74) is 2.07. The van der Waals surface area contributed by atoms with Crippen molar-refractivity contribution in [3.8, 4) is 11.5 Å². The molecule has 0 saturated heterocycles. The van der Waals surface area contributed by atoms with Crippen LogP contribution < -0.4 is 9.47 Å². The Labute approximate surface area is 180 Å². The lowest BCUT2D eigenvalue weighted by molar-refractivity contribution is -0.136. The lowest BCUT2D eigenvalue weighted by Crippen LogP contribution is -2.33. The maximum absolute atomic E-state index is 13.1. The van der Waals surface area contributed by atoms with Gasteiger partial charge in [-0.2, -0.15) is 0 Å². The van der Waals surface area contributed by atoms with Crippen molar-refractivity contribution in [3.05, 3.63) is 64.6 Å². The second-order valence-electron chi connectivity index (χ2n) is 6.59. The predicted molar refractivity (Wildman–Crippen MR) is 117 cm³/mol. The number of ether oxygens (including phenoxy) is 2. The monoisotopic (exact) mass is 427 g/mol. The molecule has 0 atom stereocenters. The molecule has 2 aromatic rings. The van der Waals surface area contributed by atoms with E-state index in [9.17, 15) is 14.7 Å². The number of carbonyl (C=O) groups excluding carboxylic acids is 2. The highest BCUT2D eigenvalue weighted by Gasteiger charge is 2.38. The molecular formula is C23H25NO5S. The summed E-state index contributed by atoms with van der Waals surface area (Å²) < 4.78 is 10.6. The van der Waals surface area contributed by atoms with Crippen LogP contribution in [-0.2, 0) is 16.0 Å². The van der Waals surface area contributed by atoms with Crippen molar-refractivity contribution >= 4 is 29.1 Å². The summed E-state index contributed by atoms with van der Waals surface area (Å²) in [5, 5.41) is 9.21. The minimum atomic E-state index is -0.309. The SMILES string of the molecule is CCOc1ccc(C2=C(SCCO)C(=O)N(CCc3ccc(OC)cc3)C2=O)cc1. The second-order valence-corrected chi connectivity index (χ2v) is 7.70. The van der Waals surface area contributed by atoms with E-state index in [0.717, 1.165) is 11.3 Å². The topological polar surface area (TPSA) is 76.1 Å². The first-order valence-electron chi connectivity index (χ1n) is 9.79. The minimum absolute atomic E-state index is 0.0714. The normalized spacial score (nSPS) is 13.9. The molecule has 0 aromatic heterocycles. The van der Waals surface area contributed by atoms with E-state index in [1.165, 1.54) is 16.7 Å². The van der Waals surface area contributed by atoms with Gasteiger partial charge < -0.3 is 14.6 Å². The second kappa shape index (κ2) is 10.3. The summed E-state index contributed by atoms with van der Waals surface area (Å²) >= 11 is 1.21. The molecule has 2 aromatic carbocycles. The summed E-state index contributed by atoms with van der Waals surface area (Å²) in [5.74, 6) is 1.20. The molecule has 0 unspecified atom stereocenters. The molecule has 0 spiro atoms. The molecule has 7 heteroatoms. The Morgan fingerprint density at radius 1 is 0.967 bits per heavy atom. The van der Waals surface area contributed by atoms with Gasteiger partial charge in [0.25, 0.3) is 11.8 Å². The van der Waals surface area contributed by atoms with E-state index in [-0.39, 0.29) is 25.0 Å². The molecule has 0 aliphatic carbocycles. The van der Waals surface area contributed by atoms with Gasteiger partial charge in [-0.1, -0.05) is 24.3 Å². The Bertz CT molecular complexity index is 922. The van der Waals surface area contributed by atoms with E-state index in [1.807, 2.05) is 31.2 Å². The molecule has 1 heterocycles. The van der Waals surface area contributed by atoms with Gasteiger partial charge in [0.1, 0.15) is 11.5 Å². The molecule has 3 rings (SSSR count). The molecule has 1 aliphatic rings. The van der Waals surface area contributed by atoms with Gasteiger partial charge in [0.05, 0.1) is 30.8 Å². The standard InChI is InChI=1S/C23H25NO5S/c1-3-29-19-10-6-17(7-11-19)20-21(30-15-14-25)23(27)24(22(20)26)13-12-16-4-8-18(28-2)9-5-16/h4-11,25H,3,12-15H2,1-2H3. The van der Waals surface area contributed by atoms with E-state index in [0.29, 0.717) is 40.6 Å². The fraction of sp³-hybridized carbons (Fsp3) is 0.304. The number of benzene rings is 2. The van der Waals surface area contributed by atoms with Crippen LogP contribution in [0.5, 0.6) is 11.5 Å². The fourth-order valence-electron chi connectivity index (χ4n) is 3.21. The van der Waals surface area contributed by atoms with Crippen molar-refractivity contribution in [1.82, 2.24) is 4.90 Å². The van der Waals surface area contributed by atoms with Gasteiger partial charge in [0, 0.05) is 12.3 Å². The number of imide groups is 1. The number of hydrogen-bond donors (Lipinski definition) is 1. The Balaban J connectivity index is 1.81. The van der Waals surface area contributed by atoms with Gasteiger partial charge in [-0.25, -0.2) is 0 Å². The molecule has 1 N–H and O–H groups in total. The van der Waals surface area contributed by atoms with Crippen LogP contribution in [0.15, 0.2) is 53.4 Å². The molecule has 158 valence electrons. The Hall–Kier alpha value is -2.77. The maximum atomic E-state index is 13.1. The van der Waals surface area contributed by atoms with Gasteiger partial charge in [0.15, 0.2) is 0 Å². The van der Waals surface area contributed by atoms with Crippen molar-refractivity contribution in [3.63, 3.8) is 0 Å². The summed E-state index contributed by atoms with van der Waals surface area (Å²) in [6, 6.07) is 14.7. The highest BCUT2D eigenvalue weighted by atomic mass is 32.2. The van der Waals surface area contributed by atoms with Crippen LogP contribution in [-0.4, -0.2) is 54.4 Å². The van der Waals surface area contributed by atoms with Crippen LogP contribution in [0.2, 0.25) is 0 Å². The zero-order valence-corrected chi connectivity index (χ0v) is 17.9. The van der Waals surface area contributed by atoms with E-state index >= 15 is 0 Å². The molecule has 2 amide bonds. The average molecular weight is 428 g/mol. The minimum Gasteiger partial charge on any atom is -0.497 e. The highest BCUT2D eigenvalue weighted by Crippen LogP contribution is 2.36. The average Bonchev–Trinajstić information content (AvgIpc) is 3.01. The van der Waals surface area contributed by atoms with Crippen LogP contribution in [0.3, 0.4) is 0 Å². The van der Waals surface area contributed by atoms with Crippen molar-refractivity contribution in [2.24, 2.45) is 0 Å². The van der Waals surface area contributed by atoms with Crippen LogP contribution in [0.4, 0.5) is 0 Å². The van der Waals surface area contributed by atoms with Crippen LogP contribution in [0, 0.1) is 0 Å². The highest BCUT2D eigenvalue weighted by molar-refractivity contribution is 8.04. The summed E-state index contributed by atoms with van der Waals surface area (Å²) in [6.45, 7) is 2.67. The Kier molecular flexibility index (Phi) is 7.54. The maximum Gasteiger partial charge on any atom is 0.267 e. The van der Waals surface area contributed by atoms with E-state index in [4.69, 9.17) is 9.47 Å². The van der Waals surface area contributed by atoms with Gasteiger partial charge >= 0.3 is 0 Å². The first-order chi connectivity index (χ1) is 14.6. The van der Waals surface area contributed by atoms with Crippen molar-refractivity contribution in [2.45, 2.75) is 13.3 Å². The third-order valence-corrected chi connectivity index (χ3v) is 5.75. The van der Waals surface area contributed by atoms with Gasteiger partial charge in [-0.15, -0.1) is 11.8 Å². The molecule has 0 saturated carbocycles. The zero-order valence-electron chi connectivity index (χ0n) is 17.1. The predicted octanol–water partition coefficient (Wildman–Crippen LogP) is 3.14. The van der Waals surface area contributed by atoms with Crippen molar-refractivity contribution < 1.29 is 24.2 Å². The third kappa shape index (κ3) is 4.86. The molecule has 30 heavy (non-hydrogen) atoms. The number of hydrogen-bond acceptors (Lipinski definition) is 6. The lowest BCUT2D eigenvalue weighted by atomic mass is 10.1. The van der Waals surface area contributed by atoms with Crippen molar-refractivity contribution in [2.75, 3.05) is 32.6 Å².